The highest BCUT2D eigenvalue weighted by Gasteiger charge is 2.17. The molecule has 0 saturated carbocycles. The van der Waals surface area contributed by atoms with Crippen LogP contribution in [0.2, 0.25) is 5.02 Å². The third-order valence-electron chi connectivity index (χ3n) is 3.01. The zero-order valence-corrected chi connectivity index (χ0v) is 13.8. The highest BCUT2D eigenvalue weighted by Crippen LogP contribution is 2.23. The molecule has 2 amide bonds. The minimum Gasteiger partial charge on any atom is -0.496 e. The van der Waals surface area contributed by atoms with E-state index in [1.807, 2.05) is 0 Å². The Labute approximate surface area is 143 Å². The molecule has 0 bridgehead atoms. The predicted molar refractivity (Wildman–Crippen MR) is 87.1 cm³/mol. The number of benzene rings is 1. The smallest absolute Gasteiger partial charge is 0.313 e. The molecule has 24 heavy (non-hydrogen) atoms. The third-order valence-corrected chi connectivity index (χ3v) is 3.25. The van der Waals surface area contributed by atoms with Crippen molar-refractivity contribution in [2.45, 2.75) is 6.54 Å². The van der Waals surface area contributed by atoms with E-state index in [1.54, 1.807) is 18.2 Å². The van der Waals surface area contributed by atoms with E-state index in [9.17, 15) is 9.59 Å². The van der Waals surface area contributed by atoms with E-state index < -0.39 is 11.8 Å². The van der Waals surface area contributed by atoms with Crippen molar-refractivity contribution in [1.29, 1.82) is 0 Å². The van der Waals surface area contributed by atoms with Gasteiger partial charge in [0.2, 0.25) is 5.88 Å². The van der Waals surface area contributed by atoms with E-state index in [2.05, 4.69) is 20.6 Å². The Morgan fingerprint density at radius 2 is 2.00 bits per heavy atom. The zero-order valence-electron chi connectivity index (χ0n) is 13.0. The monoisotopic (exact) mass is 350 g/mol. The molecule has 126 valence electrons. The van der Waals surface area contributed by atoms with Gasteiger partial charge in [0, 0.05) is 17.1 Å². The van der Waals surface area contributed by atoms with Crippen molar-refractivity contribution in [1.82, 2.24) is 15.3 Å². The fourth-order valence-corrected chi connectivity index (χ4v) is 2.03. The van der Waals surface area contributed by atoms with Gasteiger partial charge in [0.05, 0.1) is 20.4 Å². The van der Waals surface area contributed by atoms with E-state index in [0.717, 1.165) is 0 Å². The molecule has 1 aromatic heterocycles. The Kier molecular flexibility index (Phi) is 5.91. The number of methoxy groups -OCH3 is 2. The quantitative estimate of drug-likeness (QED) is 0.790. The molecular weight excluding hydrogens is 336 g/mol. The summed E-state index contributed by atoms with van der Waals surface area (Å²) in [5.41, 5.74) is 0.882. The SMILES string of the molecule is COc1cc(Cl)ccc1CNC(=O)C(=O)Nc1cncnc1OC. The Morgan fingerprint density at radius 1 is 1.21 bits per heavy atom. The molecular formula is C15H15ClN4O4. The van der Waals surface area contributed by atoms with Crippen molar-refractivity contribution in [2.24, 2.45) is 0 Å². The molecule has 1 aromatic carbocycles. The molecule has 0 aliphatic carbocycles. The number of hydrogen-bond acceptors (Lipinski definition) is 6. The summed E-state index contributed by atoms with van der Waals surface area (Å²) in [6.07, 6.45) is 2.60. The van der Waals surface area contributed by atoms with Crippen LogP contribution in [0.3, 0.4) is 0 Å². The van der Waals surface area contributed by atoms with Gasteiger partial charge in [-0.2, -0.15) is 4.98 Å². The van der Waals surface area contributed by atoms with Crippen molar-refractivity contribution in [3.05, 3.63) is 41.3 Å². The molecule has 0 unspecified atom stereocenters. The van der Waals surface area contributed by atoms with Crippen LogP contribution in [-0.4, -0.2) is 36.0 Å². The number of carbonyl (C=O) groups is 2. The topological polar surface area (TPSA) is 102 Å². The highest BCUT2D eigenvalue weighted by atomic mass is 35.5. The lowest BCUT2D eigenvalue weighted by Crippen LogP contribution is -2.35. The molecule has 2 aromatic rings. The van der Waals surface area contributed by atoms with Gasteiger partial charge in [-0.15, -0.1) is 0 Å². The van der Waals surface area contributed by atoms with Gasteiger partial charge >= 0.3 is 11.8 Å². The lowest BCUT2D eigenvalue weighted by atomic mass is 10.2. The second-order valence-electron chi connectivity index (χ2n) is 4.54. The predicted octanol–water partition coefficient (Wildman–Crippen LogP) is 1.40. The van der Waals surface area contributed by atoms with Crippen LogP contribution in [0.4, 0.5) is 5.69 Å². The number of aromatic nitrogens is 2. The molecule has 0 aliphatic heterocycles. The van der Waals surface area contributed by atoms with E-state index >= 15 is 0 Å². The van der Waals surface area contributed by atoms with Crippen LogP contribution in [-0.2, 0) is 16.1 Å². The molecule has 8 nitrogen and oxygen atoms in total. The fourth-order valence-electron chi connectivity index (χ4n) is 1.87. The molecule has 0 saturated heterocycles. The first kappa shape index (κ1) is 17.5. The summed E-state index contributed by atoms with van der Waals surface area (Å²) in [4.78, 5) is 31.4. The number of nitrogens with zero attached hydrogens (tertiary/aromatic N) is 2. The van der Waals surface area contributed by atoms with Crippen LogP contribution in [0.5, 0.6) is 11.6 Å². The van der Waals surface area contributed by atoms with Crippen molar-refractivity contribution in [3.63, 3.8) is 0 Å². The zero-order chi connectivity index (χ0) is 17.5. The van der Waals surface area contributed by atoms with Crippen molar-refractivity contribution < 1.29 is 19.1 Å². The average molecular weight is 351 g/mol. The second kappa shape index (κ2) is 8.11. The van der Waals surface area contributed by atoms with Gasteiger partial charge in [-0.25, -0.2) is 4.98 Å². The number of anilines is 1. The van der Waals surface area contributed by atoms with E-state index in [1.165, 1.54) is 26.7 Å². The maximum Gasteiger partial charge on any atom is 0.313 e. The number of halogens is 1. The first-order valence-corrected chi connectivity index (χ1v) is 7.18. The lowest BCUT2D eigenvalue weighted by molar-refractivity contribution is -0.136. The number of carbonyl (C=O) groups excluding carboxylic acids is 2. The van der Waals surface area contributed by atoms with Gasteiger partial charge in [-0.05, 0) is 12.1 Å². The van der Waals surface area contributed by atoms with Crippen molar-refractivity contribution in [3.8, 4) is 11.6 Å². The summed E-state index contributed by atoms with van der Waals surface area (Å²) in [6.45, 7) is 0.106. The Bertz CT molecular complexity index is 754. The van der Waals surface area contributed by atoms with Crippen molar-refractivity contribution >= 4 is 29.1 Å². The molecule has 0 radical (unpaired) electrons. The van der Waals surface area contributed by atoms with Crippen LogP contribution in [0.25, 0.3) is 0 Å². The number of hydrogen-bond donors (Lipinski definition) is 2. The van der Waals surface area contributed by atoms with Crippen LogP contribution in [0, 0.1) is 0 Å². The largest absolute Gasteiger partial charge is 0.496 e. The molecule has 0 spiro atoms. The van der Waals surface area contributed by atoms with Crippen LogP contribution < -0.4 is 20.1 Å². The Balaban J connectivity index is 1.98. The molecule has 9 heteroatoms. The summed E-state index contributed by atoms with van der Waals surface area (Å²) in [7, 11) is 2.89. The number of amides is 2. The molecule has 2 N–H and O–H groups in total. The molecule has 2 rings (SSSR count). The molecule has 0 fully saturated rings. The molecule has 1 heterocycles. The number of nitrogens with one attached hydrogen (secondary N) is 2. The lowest BCUT2D eigenvalue weighted by Gasteiger charge is -2.11. The van der Waals surface area contributed by atoms with Gasteiger partial charge in [0.25, 0.3) is 0 Å². The molecule has 0 atom stereocenters. The minimum absolute atomic E-state index is 0.106. The number of rotatable bonds is 5. The third kappa shape index (κ3) is 4.32. The summed E-state index contributed by atoms with van der Waals surface area (Å²) in [6, 6.07) is 4.99. The highest BCUT2D eigenvalue weighted by molar-refractivity contribution is 6.39. The van der Waals surface area contributed by atoms with Gasteiger partial charge in [-0.3, -0.25) is 9.59 Å². The first-order valence-electron chi connectivity index (χ1n) is 6.80. The maximum atomic E-state index is 11.9. The standard InChI is InChI=1S/C15H15ClN4O4/c1-23-12-5-10(16)4-3-9(12)6-18-13(21)14(22)20-11-7-17-8-19-15(11)24-2/h3-5,7-8H,6H2,1-2H3,(H,18,21)(H,20,22). The normalized spacial score (nSPS) is 9.96. The Morgan fingerprint density at radius 3 is 2.71 bits per heavy atom. The van der Waals surface area contributed by atoms with Gasteiger partial charge < -0.3 is 20.1 Å². The average Bonchev–Trinajstić information content (AvgIpc) is 2.60. The summed E-state index contributed by atoms with van der Waals surface area (Å²) >= 11 is 5.87. The second-order valence-corrected chi connectivity index (χ2v) is 4.98. The minimum atomic E-state index is -0.865. The van der Waals surface area contributed by atoms with Crippen LogP contribution in [0.15, 0.2) is 30.7 Å². The number of ether oxygens (including phenoxy) is 2. The fraction of sp³-hybridized carbons (Fsp3) is 0.200. The van der Waals surface area contributed by atoms with Gasteiger partial charge in [0.15, 0.2) is 0 Å². The summed E-state index contributed by atoms with van der Waals surface area (Å²) < 4.78 is 10.1. The van der Waals surface area contributed by atoms with Crippen molar-refractivity contribution in [2.75, 3.05) is 19.5 Å². The summed E-state index contributed by atoms with van der Waals surface area (Å²) in [5, 5.41) is 5.39. The van der Waals surface area contributed by atoms with Crippen LogP contribution in [0.1, 0.15) is 5.56 Å². The summed E-state index contributed by atoms with van der Waals surface area (Å²) in [5.74, 6) is -1.01. The van der Waals surface area contributed by atoms with Crippen LogP contribution >= 0.6 is 11.6 Å². The van der Waals surface area contributed by atoms with Gasteiger partial charge in [0.1, 0.15) is 17.8 Å². The van der Waals surface area contributed by atoms with E-state index in [-0.39, 0.29) is 18.1 Å². The molecule has 0 aliphatic rings. The van der Waals surface area contributed by atoms with E-state index in [0.29, 0.717) is 16.3 Å². The Hall–Kier alpha value is -2.87. The van der Waals surface area contributed by atoms with Gasteiger partial charge in [-0.1, -0.05) is 17.7 Å². The first-order chi connectivity index (χ1) is 11.5. The van der Waals surface area contributed by atoms with E-state index in [4.69, 9.17) is 21.1 Å². The maximum absolute atomic E-state index is 11.9.